The van der Waals surface area contributed by atoms with Crippen molar-refractivity contribution in [2.75, 3.05) is 7.05 Å². The third kappa shape index (κ3) is 4.24. The highest BCUT2D eigenvalue weighted by Crippen LogP contribution is 2.30. The van der Waals surface area contributed by atoms with Crippen LogP contribution in [0, 0.1) is 0 Å². The van der Waals surface area contributed by atoms with Crippen molar-refractivity contribution in [2.45, 2.75) is 0 Å². The summed E-state index contributed by atoms with van der Waals surface area (Å²) >= 11 is 0. The molecule has 7 heteroatoms. The van der Waals surface area contributed by atoms with Gasteiger partial charge in [0.05, 0.1) is 11.0 Å². The van der Waals surface area contributed by atoms with Crippen LogP contribution in [0.5, 0.6) is 11.6 Å². The molecule has 0 aliphatic rings. The largest absolute Gasteiger partial charge is 0.437 e. The van der Waals surface area contributed by atoms with E-state index in [2.05, 4.69) is 24.9 Å². The number of ether oxygens (including phenoxy) is 1. The second kappa shape index (κ2) is 8.84. The lowest BCUT2D eigenvalue weighted by molar-refractivity contribution is 0.103. The van der Waals surface area contributed by atoms with Crippen molar-refractivity contribution in [3.05, 3.63) is 102 Å². The molecule has 0 bridgehead atoms. The molecule has 0 fully saturated rings. The lowest BCUT2D eigenvalue weighted by Crippen LogP contribution is -2.03. The minimum absolute atomic E-state index is 0.188. The molecular formula is C26H19N5O2. The number of carbonyl (C=O) groups is 1. The lowest BCUT2D eigenvalue weighted by Gasteiger charge is -2.10. The van der Waals surface area contributed by atoms with Crippen LogP contribution in [0.2, 0.25) is 0 Å². The van der Waals surface area contributed by atoms with E-state index in [9.17, 15) is 4.79 Å². The van der Waals surface area contributed by atoms with Crippen molar-refractivity contribution < 1.29 is 9.53 Å². The van der Waals surface area contributed by atoms with Crippen molar-refractivity contribution in [1.29, 1.82) is 0 Å². The van der Waals surface area contributed by atoms with Crippen molar-refractivity contribution in [2.24, 2.45) is 4.99 Å². The summed E-state index contributed by atoms with van der Waals surface area (Å²) in [7, 11) is 1.73. The third-order valence-electron chi connectivity index (χ3n) is 5.04. The van der Waals surface area contributed by atoms with Gasteiger partial charge in [-0.05, 0) is 48.0 Å². The smallest absolute Gasteiger partial charge is 0.246 e. The van der Waals surface area contributed by atoms with E-state index in [-0.39, 0.29) is 5.78 Å². The van der Waals surface area contributed by atoms with E-state index in [1.54, 1.807) is 49.9 Å². The second-order valence-electron chi connectivity index (χ2n) is 7.28. The standard InChI is InChI=1S/C26H19N5O2/c1-27-16-17-5-4-6-19(15-17)23-26(29-14-13-28-23)33-20-11-9-18(10-12-20)24(32)25-30-21-7-2-3-8-22(21)31-25/h2-16H,1H3,(H,30,31). The van der Waals surface area contributed by atoms with Gasteiger partial charge in [-0.15, -0.1) is 0 Å². The molecule has 5 aromatic rings. The van der Waals surface area contributed by atoms with Gasteiger partial charge in [-0.1, -0.05) is 30.3 Å². The number of hydrogen-bond donors (Lipinski definition) is 1. The molecule has 0 aliphatic carbocycles. The number of aromatic nitrogens is 4. The first kappa shape index (κ1) is 20.3. The number of hydrogen-bond acceptors (Lipinski definition) is 6. The predicted molar refractivity (Wildman–Crippen MR) is 127 cm³/mol. The second-order valence-corrected chi connectivity index (χ2v) is 7.28. The number of rotatable bonds is 6. The molecule has 33 heavy (non-hydrogen) atoms. The van der Waals surface area contributed by atoms with Crippen LogP contribution in [0.3, 0.4) is 0 Å². The maximum Gasteiger partial charge on any atom is 0.246 e. The zero-order valence-electron chi connectivity index (χ0n) is 17.8. The molecule has 160 valence electrons. The number of aliphatic imine (C=N–C) groups is 1. The fraction of sp³-hybridized carbons (Fsp3) is 0.0385. The van der Waals surface area contributed by atoms with Gasteiger partial charge in [-0.25, -0.2) is 15.0 Å². The highest BCUT2D eigenvalue weighted by atomic mass is 16.5. The molecule has 2 aromatic heterocycles. The molecule has 5 rings (SSSR count). The molecule has 7 nitrogen and oxygen atoms in total. The van der Waals surface area contributed by atoms with Gasteiger partial charge >= 0.3 is 0 Å². The van der Waals surface area contributed by atoms with Gasteiger partial charge in [0.25, 0.3) is 0 Å². The van der Waals surface area contributed by atoms with Gasteiger partial charge in [-0.2, -0.15) is 0 Å². The Morgan fingerprint density at radius 1 is 0.970 bits per heavy atom. The summed E-state index contributed by atoms with van der Waals surface area (Å²) in [5, 5.41) is 0. The Labute approximate surface area is 189 Å². The zero-order valence-corrected chi connectivity index (χ0v) is 17.8. The summed E-state index contributed by atoms with van der Waals surface area (Å²) in [5.41, 5.74) is 4.53. The number of fused-ring (bicyclic) bond motifs is 1. The van der Waals surface area contributed by atoms with Crippen LogP contribution < -0.4 is 4.74 Å². The van der Waals surface area contributed by atoms with Gasteiger partial charge in [0.15, 0.2) is 5.82 Å². The molecule has 0 atom stereocenters. The molecule has 0 amide bonds. The number of nitrogens with zero attached hydrogens (tertiary/aromatic N) is 4. The van der Waals surface area contributed by atoms with Crippen molar-refractivity contribution in [1.82, 2.24) is 19.9 Å². The Hall–Kier alpha value is -4.65. The van der Waals surface area contributed by atoms with E-state index >= 15 is 0 Å². The van der Waals surface area contributed by atoms with Crippen LogP contribution in [0.15, 0.2) is 90.2 Å². The van der Waals surface area contributed by atoms with E-state index in [4.69, 9.17) is 4.74 Å². The monoisotopic (exact) mass is 433 g/mol. The number of carbonyl (C=O) groups excluding carboxylic acids is 1. The summed E-state index contributed by atoms with van der Waals surface area (Å²) in [5.74, 6) is 1.03. The van der Waals surface area contributed by atoms with Crippen molar-refractivity contribution in [3.63, 3.8) is 0 Å². The first-order chi connectivity index (χ1) is 16.2. The lowest BCUT2D eigenvalue weighted by atomic mass is 10.1. The number of benzene rings is 3. The Kier molecular flexibility index (Phi) is 5.43. The van der Waals surface area contributed by atoms with Crippen LogP contribution in [-0.4, -0.2) is 39.0 Å². The van der Waals surface area contributed by atoms with Crippen LogP contribution in [0.4, 0.5) is 0 Å². The molecular weight excluding hydrogens is 414 g/mol. The fourth-order valence-corrected chi connectivity index (χ4v) is 3.50. The third-order valence-corrected chi connectivity index (χ3v) is 5.04. The molecule has 0 radical (unpaired) electrons. The number of aromatic amines is 1. The van der Waals surface area contributed by atoms with E-state index in [1.165, 1.54) is 0 Å². The number of nitrogens with one attached hydrogen (secondary N) is 1. The number of imidazole rings is 1. The van der Waals surface area contributed by atoms with Gasteiger partial charge in [0, 0.05) is 36.8 Å². The maximum atomic E-state index is 12.8. The summed E-state index contributed by atoms with van der Waals surface area (Å²) < 4.78 is 6.01. The zero-order chi connectivity index (χ0) is 22.6. The van der Waals surface area contributed by atoms with Crippen molar-refractivity contribution >= 4 is 23.0 Å². The minimum Gasteiger partial charge on any atom is -0.437 e. The van der Waals surface area contributed by atoms with Gasteiger partial charge in [0.2, 0.25) is 11.7 Å². The first-order valence-electron chi connectivity index (χ1n) is 10.3. The highest BCUT2D eigenvalue weighted by molar-refractivity contribution is 6.08. The number of H-pyrrole nitrogens is 1. The van der Waals surface area contributed by atoms with E-state index in [1.807, 2.05) is 48.5 Å². The summed E-state index contributed by atoms with van der Waals surface area (Å²) in [6.45, 7) is 0. The maximum absolute atomic E-state index is 12.8. The SMILES string of the molecule is CN=Cc1cccc(-c2nccnc2Oc2ccc(C(=O)c3nc4ccccc4[nH]3)cc2)c1. The molecule has 1 N–H and O–H groups in total. The normalized spacial score (nSPS) is 11.2. The average Bonchev–Trinajstić information content (AvgIpc) is 3.29. The molecule has 2 heterocycles. The van der Waals surface area contributed by atoms with Crippen LogP contribution in [-0.2, 0) is 0 Å². The van der Waals surface area contributed by atoms with E-state index in [0.29, 0.717) is 28.7 Å². The molecule has 0 aliphatic heterocycles. The Morgan fingerprint density at radius 2 is 1.79 bits per heavy atom. The first-order valence-corrected chi connectivity index (χ1v) is 10.3. The predicted octanol–water partition coefficient (Wildman–Crippen LogP) is 5.09. The van der Waals surface area contributed by atoms with Gasteiger partial charge in [0.1, 0.15) is 11.4 Å². The Balaban J connectivity index is 1.39. The van der Waals surface area contributed by atoms with Crippen LogP contribution in [0.25, 0.3) is 22.3 Å². The minimum atomic E-state index is -0.188. The molecule has 3 aromatic carbocycles. The molecule has 0 unspecified atom stereocenters. The topological polar surface area (TPSA) is 93.1 Å². The Morgan fingerprint density at radius 3 is 2.61 bits per heavy atom. The van der Waals surface area contributed by atoms with Gasteiger partial charge in [-0.3, -0.25) is 9.79 Å². The fourth-order valence-electron chi connectivity index (χ4n) is 3.50. The molecule has 0 spiro atoms. The average molecular weight is 433 g/mol. The van der Waals surface area contributed by atoms with E-state index < -0.39 is 0 Å². The Bertz CT molecular complexity index is 1440. The summed E-state index contributed by atoms with van der Waals surface area (Å²) in [6.07, 6.45) is 4.98. The molecule has 0 saturated heterocycles. The van der Waals surface area contributed by atoms with Crippen LogP contribution in [0.1, 0.15) is 21.7 Å². The number of para-hydroxylation sites is 2. The molecule has 0 saturated carbocycles. The van der Waals surface area contributed by atoms with Gasteiger partial charge < -0.3 is 9.72 Å². The van der Waals surface area contributed by atoms with Crippen LogP contribution >= 0.6 is 0 Å². The number of ketones is 1. The quantitative estimate of drug-likeness (QED) is 0.297. The van der Waals surface area contributed by atoms with E-state index in [0.717, 1.165) is 22.2 Å². The van der Waals surface area contributed by atoms with Crippen molar-refractivity contribution in [3.8, 4) is 22.9 Å². The highest BCUT2D eigenvalue weighted by Gasteiger charge is 2.15. The summed E-state index contributed by atoms with van der Waals surface area (Å²) in [6, 6.07) is 22.2. The summed E-state index contributed by atoms with van der Waals surface area (Å²) in [4.78, 5) is 33.2.